The summed E-state index contributed by atoms with van der Waals surface area (Å²) in [5.74, 6) is 0. The number of nitriles is 1. The van der Waals surface area contributed by atoms with Gasteiger partial charge in [-0.25, -0.2) is 0 Å². The zero-order chi connectivity index (χ0) is 12.3. The Bertz CT molecular complexity index is 206. The molecule has 2 fully saturated rings. The van der Waals surface area contributed by atoms with Gasteiger partial charge in [0.1, 0.15) is 0 Å². The number of hydrogen-bond acceptors (Lipinski definition) is 4. The van der Waals surface area contributed by atoms with Crippen molar-refractivity contribution in [3.05, 3.63) is 0 Å². The van der Waals surface area contributed by atoms with E-state index >= 15 is 0 Å². The van der Waals surface area contributed by atoms with E-state index in [9.17, 15) is 0 Å². The van der Waals surface area contributed by atoms with Gasteiger partial charge in [0.15, 0.2) is 6.19 Å². The highest BCUT2D eigenvalue weighted by molar-refractivity contribution is 4.83. The third-order valence-electron chi connectivity index (χ3n) is 3.33. The first kappa shape index (κ1) is 14.3. The molecular weight excluding hydrogens is 214 g/mol. The summed E-state index contributed by atoms with van der Waals surface area (Å²) in [6, 6.07) is 0.554. The van der Waals surface area contributed by atoms with E-state index in [4.69, 9.17) is 10.00 Å². The van der Waals surface area contributed by atoms with E-state index in [0.29, 0.717) is 6.04 Å². The van der Waals surface area contributed by atoms with Crippen molar-refractivity contribution in [3.8, 4) is 6.19 Å². The van der Waals surface area contributed by atoms with Crippen molar-refractivity contribution < 1.29 is 4.74 Å². The largest absolute Gasteiger partial charge is 0.379 e. The van der Waals surface area contributed by atoms with Gasteiger partial charge in [-0.2, -0.15) is 5.26 Å². The zero-order valence-electron chi connectivity index (χ0n) is 11.0. The normalized spacial score (nSPS) is 20.9. The van der Waals surface area contributed by atoms with Crippen molar-refractivity contribution in [1.29, 1.82) is 5.26 Å². The maximum atomic E-state index is 8.75. The van der Waals surface area contributed by atoms with Crippen LogP contribution in [0.4, 0.5) is 0 Å². The molecule has 0 radical (unpaired) electrons. The standard InChI is InChI=1S/C9H16N2.C4H9NO/c1-2-11(8-10)9-6-4-3-5-7-9;1-3-6-4-2-5-1/h9H,2-7H2,1H3;5H,1-4H2. The summed E-state index contributed by atoms with van der Waals surface area (Å²) in [6.07, 6.45) is 8.68. The van der Waals surface area contributed by atoms with E-state index < -0.39 is 0 Å². The fourth-order valence-corrected chi connectivity index (χ4v) is 2.32. The molecule has 4 heteroatoms. The second kappa shape index (κ2) is 9.26. The van der Waals surface area contributed by atoms with Gasteiger partial charge in [-0.3, -0.25) is 0 Å². The molecule has 2 rings (SSSR count). The van der Waals surface area contributed by atoms with Crippen molar-refractivity contribution in [2.24, 2.45) is 0 Å². The van der Waals surface area contributed by atoms with Crippen molar-refractivity contribution in [2.75, 3.05) is 32.8 Å². The van der Waals surface area contributed by atoms with Gasteiger partial charge in [0.2, 0.25) is 0 Å². The Morgan fingerprint density at radius 1 is 1.24 bits per heavy atom. The number of rotatable bonds is 2. The Kier molecular flexibility index (Phi) is 7.78. The van der Waals surface area contributed by atoms with Crippen LogP contribution in [-0.4, -0.2) is 43.8 Å². The van der Waals surface area contributed by atoms with Crippen molar-refractivity contribution in [1.82, 2.24) is 10.2 Å². The number of nitrogens with zero attached hydrogens (tertiary/aromatic N) is 2. The summed E-state index contributed by atoms with van der Waals surface area (Å²) in [6.45, 7) is 6.76. The molecule has 1 aliphatic heterocycles. The molecule has 98 valence electrons. The average molecular weight is 239 g/mol. The van der Waals surface area contributed by atoms with Crippen LogP contribution >= 0.6 is 0 Å². The smallest absolute Gasteiger partial charge is 0.179 e. The molecule has 0 bridgehead atoms. The lowest BCUT2D eigenvalue weighted by molar-refractivity contribution is 0.109. The molecule has 1 saturated heterocycles. The fourth-order valence-electron chi connectivity index (χ4n) is 2.32. The number of nitrogens with one attached hydrogen (secondary N) is 1. The van der Waals surface area contributed by atoms with E-state index in [0.717, 1.165) is 32.8 Å². The van der Waals surface area contributed by atoms with E-state index in [1.165, 1.54) is 32.1 Å². The second-order valence-electron chi connectivity index (χ2n) is 4.54. The van der Waals surface area contributed by atoms with Crippen molar-refractivity contribution in [2.45, 2.75) is 45.1 Å². The van der Waals surface area contributed by atoms with Gasteiger partial charge in [-0.05, 0) is 19.8 Å². The molecule has 0 atom stereocenters. The molecule has 0 amide bonds. The Hall–Kier alpha value is -0.790. The van der Waals surface area contributed by atoms with Crippen LogP contribution in [0.15, 0.2) is 0 Å². The summed E-state index contributed by atoms with van der Waals surface area (Å²) in [5, 5.41) is 11.9. The zero-order valence-corrected chi connectivity index (χ0v) is 11.0. The lowest BCUT2D eigenvalue weighted by Crippen LogP contribution is -2.32. The van der Waals surface area contributed by atoms with Gasteiger partial charge in [-0.15, -0.1) is 0 Å². The second-order valence-corrected chi connectivity index (χ2v) is 4.54. The van der Waals surface area contributed by atoms with Crippen LogP contribution in [0.2, 0.25) is 0 Å². The molecule has 1 aliphatic carbocycles. The maximum absolute atomic E-state index is 8.75. The van der Waals surface area contributed by atoms with Gasteiger partial charge < -0.3 is 15.0 Å². The van der Waals surface area contributed by atoms with Gasteiger partial charge in [0, 0.05) is 25.7 Å². The SMILES string of the molecule is C1COCCN1.CCN(C#N)C1CCCCC1. The molecule has 17 heavy (non-hydrogen) atoms. The minimum absolute atomic E-state index is 0.554. The van der Waals surface area contributed by atoms with Crippen LogP contribution in [0.25, 0.3) is 0 Å². The molecule has 1 saturated carbocycles. The molecule has 0 aromatic heterocycles. The Morgan fingerprint density at radius 3 is 2.24 bits per heavy atom. The molecular formula is C13H25N3O. The van der Waals surface area contributed by atoms with Crippen LogP contribution in [-0.2, 0) is 4.74 Å². The molecule has 2 aliphatic rings. The lowest BCUT2D eigenvalue weighted by Gasteiger charge is -2.28. The topological polar surface area (TPSA) is 48.3 Å². The van der Waals surface area contributed by atoms with Crippen LogP contribution in [0.1, 0.15) is 39.0 Å². The first-order valence-corrected chi connectivity index (χ1v) is 6.83. The van der Waals surface area contributed by atoms with Gasteiger partial charge in [0.05, 0.1) is 13.2 Å². The van der Waals surface area contributed by atoms with Crippen LogP contribution < -0.4 is 5.32 Å². The number of morpholine rings is 1. The molecule has 0 unspecified atom stereocenters. The summed E-state index contributed by atoms with van der Waals surface area (Å²) in [4.78, 5) is 1.92. The quantitative estimate of drug-likeness (QED) is 0.589. The number of ether oxygens (including phenoxy) is 1. The first-order chi connectivity index (χ1) is 8.38. The predicted molar refractivity (Wildman–Crippen MR) is 68.6 cm³/mol. The van der Waals surface area contributed by atoms with Gasteiger partial charge >= 0.3 is 0 Å². The third kappa shape index (κ3) is 5.90. The lowest BCUT2D eigenvalue weighted by atomic mass is 9.94. The summed E-state index contributed by atoms with van der Waals surface area (Å²) >= 11 is 0. The highest BCUT2D eigenvalue weighted by Gasteiger charge is 2.17. The van der Waals surface area contributed by atoms with Crippen LogP contribution in [0, 0.1) is 11.5 Å². The monoisotopic (exact) mass is 239 g/mol. The first-order valence-electron chi connectivity index (χ1n) is 6.83. The molecule has 1 N–H and O–H groups in total. The molecule has 0 aromatic rings. The Balaban J connectivity index is 0.000000202. The number of hydrogen-bond donors (Lipinski definition) is 1. The van der Waals surface area contributed by atoms with Crippen molar-refractivity contribution in [3.63, 3.8) is 0 Å². The van der Waals surface area contributed by atoms with Crippen molar-refractivity contribution >= 4 is 0 Å². The maximum Gasteiger partial charge on any atom is 0.179 e. The molecule has 1 heterocycles. The van der Waals surface area contributed by atoms with E-state index in [2.05, 4.69) is 18.4 Å². The van der Waals surface area contributed by atoms with Gasteiger partial charge in [-0.1, -0.05) is 19.3 Å². The average Bonchev–Trinajstić information content (AvgIpc) is 2.44. The molecule has 0 spiro atoms. The predicted octanol–water partition coefficient (Wildman–Crippen LogP) is 1.73. The summed E-state index contributed by atoms with van der Waals surface area (Å²) in [7, 11) is 0. The molecule has 4 nitrogen and oxygen atoms in total. The van der Waals surface area contributed by atoms with Gasteiger partial charge in [0.25, 0.3) is 0 Å². The highest BCUT2D eigenvalue weighted by Crippen LogP contribution is 2.21. The summed E-state index contributed by atoms with van der Waals surface area (Å²) in [5.41, 5.74) is 0. The third-order valence-corrected chi connectivity index (χ3v) is 3.33. The van der Waals surface area contributed by atoms with E-state index in [1.54, 1.807) is 0 Å². The van der Waals surface area contributed by atoms with E-state index in [1.807, 2.05) is 4.90 Å². The van der Waals surface area contributed by atoms with Crippen LogP contribution in [0.5, 0.6) is 0 Å². The highest BCUT2D eigenvalue weighted by atomic mass is 16.5. The fraction of sp³-hybridized carbons (Fsp3) is 0.923. The minimum atomic E-state index is 0.554. The Labute approximate surface area is 105 Å². The summed E-state index contributed by atoms with van der Waals surface area (Å²) < 4.78 is 5.01. The minimum Gasteiger partial charge on any atom is -0.379 e. The Morgan fingerprint density at radius 2 is 1.88 bits per heavy atom. The van der Waals surface area contributed by atoms with Crippen LogP contribution in [0.3, 0.4) is 0 Å². The van der Waals surface area contributed by atoms with E-state index in [-0.39, 0.29) is 0 Å². The molecule has 0 aromatic carbocycles.